The number of furan rings is 1. The SMILES string of the molecule is O=C(CNS(=O)(=O)/C=C/c1ccccc1)OCc1csc(-c2ccco2)n1. The quantitative estimate of drug-likeness (QED) is 0.580. The lowest BCUT2D eigenvalue weighted by Crippen LogP contribution is -2.29. The van der Waals surface area contributed by atoms with Crippen molar-refractivity contribution in [3.05, 3.63) is 70.8 Å². The van der Waals surface area contributed by atoms with Gasteiger partial charge in [-0.3, -0.25) is 4.79 Å². The van der Waals surface area contributed by atoms with Crippen LogP contribution in [0, 0.1) is 0 Å². The Balaban J connectivity index is 1.46. The van der Waals surface area contributed by atoms with Crippen LogP contribution in [0.1, 0.15) is 11.3 Å². The molecule has 0 saturated heterocycles. The number of esters is 1. The molecule has 0 bridgehead atoms. The van der Waals surface area contributed by atoms with E-state index in [4.69, 9.17) is 9.15 Å². The number of nitrogens with zero attached hydrogens (tertiary/aromatic N) is 1. The normalized spacial score (nSPS) is 11.7. The standard InChI is InChI=1S/C18H16N2O5S2/c21-17(11-19-27(22,23)10-8-14-5-2-1-3-6-14)25-12-15-13-26-18(20-15)16-7-4-9-24-16/h1-10,13,19H,11-12H2/b10-8+. The smallest absolute Gasteiger partial charge is 0.321 e. The summed E-state index contributed by atoms with van der Waals surface area (Å²) < 4.78 is 36.2. The molecule has 0 radical (unpaired) electrons. The Morgan fingerprint density at radius 1 is 1.22 bits per heavy atom. The van der Waals surface area contributed by atoms with Crippen LogP contribution in [0.3, 0.4) is 0 Å². The number of nitrogens with one attached hydrogen (secondary N) is 1. The maximum Gasteiger partial charge on any atom is 0.321 e. The highest BCUT2D eigenvalue weighted by Gasteiger charge is 2.12. The van der Waals surface area contributed by atoms with Crippen LogP contribution in [0.15, 0.2) is 63.9 Å². The predicted molar refractivity (Wildman–Crippen MR) is 102 cm³/mol. The fraction of sp³-hybridized carbons (Fsp3) is 0.111. The van der Waals surface area contributed by atoms with E-state index in [1.807, 2.05) is 6.07 Å². The van der Waals surface area contributed by atoms with Gasteiger partial charge in [-0.15, -0.1) is 11.3 Å². The molecule has 0 amide bonds. The molecule has 0 aliphatic carbocycles. The van der Waals surface area contributed by atoms with Crippen LogP contribution in [0.25, 0.3) is 16.8 Å². The molecule has 2 heterocycles. The first-order valence-corrected chi connectivity index (χ1v) is 10.3. The molecular formula is C18H16N2O5S2. The molecule has 1 aromatic carbocycles. The zero-order valence-electron chi connectivity index (χ0n) is 14.1. The molecule has 1 N–H and O–H groups in total. The maximum absolute atomic E-state index is 11.9. The predicted octanol–water partition coefficient (Wildman–Crippen LogP) is 3.04. The van der Waals surface area contributed by atoms with Crippen molar-refractivity contribution in [2.24, 2.45) is 0 Å². The number of rotatable bonds is 8. The Kier molecular flexibility index (Phi) is 6.17. The van der Waals surface area contributed by atoms with Crippen LogP contribution < -0.4 is 4.72 Å². The van der Waals surface area contributed by atoms with Crippen molar-refractivity contribution in [3.63, 3.8) is 0 Å². The van der Waals surface area contributed by atoms with Gasteiger partial charge in [-0.1, -0.05) is 30.3 Å². The fourth-order valence-corrected chi connectivity index (χ4v) is 3.55. The Hall–Kier alpha value is -2.75. The van der Waals surface area contributed by atoms with Crippen molar-refractivity contribution in [1.29, 1.82) is 0 Å². The molecule has 0 aliphatic heterocycles. The van der Waals surface area contributed by atoms with E-state index in [9.17, 15) is 13.2 Å². The van der Waals surface area contributed by atoms with Gasteiger partial charge in [-0.25, -0.2) is 18.1 Å². The Bertz CT molecular complexity index is 1010. The summed E-state index contributed by atoms with van der Waals surface area (Å²) in [6.45, 7) is -0.506. The number of hydrogen-bond acceptors (Lipinski definition) is 7. The van der Waals surface area contributed by atoms with E-state index < -0.39 is 22.5 Å². The van der Waals surface area contributed by atoms with E-state index in [1.54, 1.807) is 48.0 Å². The van der Waals surface area contributed by atoms with Crippen molar-refractivity contribution in [2.75, 3.05) is 6.54 Å². The largest absolute Gasteiger partial charge is 0.462 e. The van der Waals surface area contributed by atoms with Crippen molar-refractivity contribution in [2.45, 2.75) is 6.61 Å². The van der Waals surface area contributed by atoms with Gasteiger partial charge in [0.25, 0.3) is 0 Å². The van der Waals surface area contributed by atoms with Gasteiger partial charge >= 0.3 is 5.97 Å². The van der Waals surface area contributed by atoms with Gasteiger partial charge in [0.05, 0.1) is 12.0 Å². The molecule has 3 aromatic rings. The van der Waals surface area contributed by atoms with Gasteiger partial charge in [0.2, 0.25) is 10.0 Å². The molecular weight excluding hydrogens is 388 g/mol. The minimum absolute atomic E-state index is 0.0440. The second kappa shape index (κ2) is 8.76. The Labute approximate surface area is 160 Å². The van der Waals surface area contributed by atoms with E-state index in [0.717, 1.165) is 11.0 Å². The van der Waals surface area contributed by atoms with Crippen LogP contribution >= 0.6 is 11.3 Å². The molecule has 3 rings (SSSR count). The first-order valence-electron chi connectivity index (χ1n) is 7.88. The average Bonchev–Trinajstić information content (AvgIpc) is 3.35. The highest BCUT2D eigenvalue weighted by Crippen LogP contribution is 2.24. The van der Waals surface area contributed by atoms with Gasteiger partial charge in [-0.05, 0) is 23.8 Å². The number of sulfonamides is 1. The summed E-state index contributed by atoms with van der Waals surface area (Å²) in [4.78, 5) is 16.1. The lowest BCUT2D eigenvalue weighted by molar-refractivity contribution is -0.143. The second-order valence-electron chi connectivity index (χ2n) is 5.36. The number of carbonyl (C=O) groups excluding carboxylic acids is 1. The summed E-state index contributed by atoms with van der Waals surface area (Å²) in [6.07, 6.45) is 2.99. The fourth-order valence-electron chi connectivity index (χ4n) is 2.03. The van der Waals surface area contributed by atoms with Crippen molar-refractivity contribution < 1.29 is 22.4 Å². The maximum atomic E-state index is 11.9. The molecule has 0 saturated carbocycles. The van der Waals surface area contributed by atoms with Crippen LogP contribution in [0.4, 0.5) is 0 Å². The average molecular weight is 404 g/mol. The zero-order valence-corrected chi connectivity index (χ0v) is 15.7. The molecule has 0 fully saturated rings. The summed E-state index contributed by atoms with van der Waals surface area (Å²) >= 11 is 1.36. The third-order valence-corrected chi connectivity index (χ3v) is 5.27. The van der Waals surface area contributed by atoms with E-state index >= 15 is 0 Å². The minimum Gasteiger partial charge on any atom is -0.462 e. The van der Waals surface area contributed by atoms with Crippen molar-refractivity contribution >= 4 is 33.4 Å². The molecule has 7 nitrogen and oxygen atoms in total. The molecule has 0 atom stereocenters. The van der Waals surface area contributed by atoms with E-state index in [1.165, 1.54) is 17.4 Å². The van der Waals surface area contributed by atoms with Gasteiger partial charge in [-0.2, -0.15) is 0 Å². The van der Waals surface area contributed by atoms with Crippen LogP contribution in [-0.4, -0.2) is 25.9 Å². The first kappa shape index (κ1) is 19.0. The second-order valence-corrected chi connectivity index (χ2v) is 7.87. The van der Waals surface area contributed by atoms with Crippen LogP contribution in [0.2, 0.25) is 0 Å². The summed E-state index contributed by atoms with van der Waals surface area (Å²) in [5.74, 6) is -0.0604. The minimum atomic E-state index is -3.74. The summed E-state index contributed by atoms with van der Waals surface area (Å²) in [6, 6.07) is 12.5. The molecule has 2 aromatic heterocycles. The number of aromatic nitrogens is 1. The van der Waals surface area contributed by atoms with E-state index in [-0.39, 0.29) is 6.61 Å². The van der Waals surface area contributed by atoms with Crippen molar-refractivity contribution in [1.82, 2.24) is 9.71 Å². The van der Waals surface area contributed by atoms with Gasteiger partial charge in [0.1, 0.15) is 13.2 Å². The number of ether oxygens (including phenoxy) is 1. The lowest BCUT2D eigenvalue weighted by Gasteiger charge is -2.04. The lowest BCUT2D eigenvalue weighted by atomic mass is 10.2. The van der Waals surface area contributed by atoms with E-state index in [2.05, 4.69) is 9.71 Å². The van der Waals surface area contributed by atoms with E-state index in [0.29, 0.717) is 16.5 Å². The van der Waals surface area contributed by atoms with Gasteiger partial charge < -0.3 is 9.15 Å². The third-order valence-electron chi connectivity index (χ3n) is 3.32. The molecule has 0 spiro atoms. The number of benzene rings is 1. The molecule has 27 heavy (non-hydrogen) atoms. The summed E-state index contributed by atoms with van der Waals surface area (Å²) in [5.41, 5.74) is 1.30. The summed E-state index contributed by atoms with van der Waals surface area (Å²) in [7, 11) is -3.74. The van der Waals surface area contributed by atoms with Gasteiger partial charge in [0, 0.05) is 10.8 Å². The number of thiazole rings is 1. The monoisotopic (exact) mass is 404 g/mol. The third kappa shape index (κ3) is 5.88. The molecule has 0 unspecified atom stereocenters. The zero-order chi connectivity index (χ0) is 19.1. The molecule has 0 aliphatic rings. The number of hydrogen-bond donors (Lipinski definition) is 1. The highest BCUT2D eigenvalue weighted by molar-refractivity contribution is 7.92. The first-order chi connectivity index (χ1) is 13.0. The molecule has 9 heteroatoms. The molecule has 140 valence electrons. The highest BCUT2D eigenvalue weighted by atomic mass is 32.2. The van der Waals surface area contributed by atoms with Crippen LogP contribution in [0.5, 0.6) is 0 Å². The van der Waals surface area contributed by atoms with Gasteiger partial charge in [0.15, 0.2) is 10.8 Å². The Morgan fingerprint density at radius 3 is 2.78 bits per heavy atom. The summed E-state index contributed by atoms with van der Waals surface area (Å²) in [5, 5.41) is 3.43. The van der Waals surface area contributed by atoms with Crippen molar-refractivity contribution in [3.8, 4) is 10.8 Å². The number of carbonyl (C=O) groups is 1. The topological polar surface area (TPSA) is 98.5 Å². The van der Waals surface area contributed by atoms with Crippen LogP contribution in [-0.2, 0) is 26.2 Å². The Morgan fingerprint density at radius 2 is 2.04 bits per heavy atom.